The number of rotatable bonds is 10. The number of carbonyl (C=O) groups excluding carboxylic acids is 2. The van der Waals surface area contributed by atoms with E-state index in [9.17, 15) is 9.59 Å². The molecule has 1 fully saturated rings. The minimum Gasteiger partial charge on any atom is -0.384 e. The molecule has 33 heavy (non-hydrogen) atoms. The van der Waals surface area contributed by atoms with Crippen molar-refractivity contribution in [3.8, 4) is 0 Å². The fraction of sp³-hybridized carbons (Fsp3) is 0.375. The number of nitrogens with zero attached hydrogens (tertiary/aromatic N) is 1. The van der Waals surface area contributed by atoms with Gasteiger partial charge in [-0.15, -0.1) is 12.4 Å². The molecule has 2 amide bonds. The third-order valence-corrected chi connectivity index (χ3v) is 5.53. The Labute approximate surface area is 201 Å². The lowest BCUT2D eigenvalue weighted by Crippen LogP contribution is -2.48. The average Bonchev–Trinajstić information content (AvgIpc) is 2.80. The summed E-state index contributed by atoms with van der Waals surface area (Å²) in [6.07, 6.45) is 1.83. The highest BCUT2D eigenvalue weighted by Gasteiger charge is 2.20. The number of amidine groups is 1. The van der Waals surface area contributed by atoms with Crippen LogP contribution in [0.5, 0.6) is 0 Å². The van der Waals surface area contributed by atoms with Crippen LogP contribution in [0.25, 0.3) is 0 Å². The third kappa shape index (κ3) is 9.21. The van der Waals surface area contributed by atoms with Gasteiger partial charge in [0.15, 0.2) is 0 Å². The molecule has 0 radical (unpaired) electrons. The zero-order valence-corrected chi connectivity index (χ0v) is 19.5. The first-order valence-electron chi connectivity index (χ1n) is 11.0. The number of piperidine rings is 1. The fourth-order valence-electron chi connectivity index (χ4n) is 3.72. The molecule has 178 valence electrons. The molecule has 0 spiro atoms. The van der Waals surface area contributed by atoms with Crippen LogP contribution in [-0.2, 0) is 22.7 Å². The largest absolute Gasteiger partial charge is 0.384 e. The summed E-state index contributed by atoms with van der Waals surface area (Å²) in [5.74, 6) is -0.349. The normalized spacial score (nSPS) is 14.2. The number of halogens is 1. The SMILES string of the molecule is Cl.N=C(N)c1ccc(CNCC(=O)NCC(=O)NC2CCN(Cc3ccccc3)CC2)cc1. The summed E-state index contributed by atoms with van der Waals surface area (Å²) < 4.78 is 0. The van der Waals surface area contributed by atoms with E-state index in [1.165, 1.54) is 5.56 Å². The van der Waals surface area contributed by atoms with Crippen molar-refractivity contribution in [2.45, 2.75) is 32.0 Å². The van der Waals surface area contributed by atoms with E-state index in [4.69, 9.17) is 11.1 Å². The molecule has 0 saturated carbocycles. The average molecular weight is 473 g/mol. The van der Waals surface area contributed by atoms with Gasteiger partial charge in [0.25, 0.3) is 0 Å². The summed E-state index contributed by atoms with van der Waals surface area (Å²) in [7, 11) is 0. The second kappa shape index (κ2) is 13.6. The molecule has 3 rings (SSSR count). The molecule has 1 saturated heterocycles. The first-order chi connectivity index (χ1) is 15.5. The molecule has 1 aliphatic heterocycles. The van der Waals surface area contributed by atoms with E-state index < -0.39 is 0 Å². The summed E-state index contributed by atoms with van der Waals surface area (Å²) in [5, 5.41) is 16.1. The number of likely N-dealkylation sites (tertiary alicyclic amines) is 1. The van der Waals surface area contributed by atoms with Gasteiger partial charge >= 0.3 is 0 Å². The van der Waals surface area contributed by atoms with Gasteiger partial charge in [-0.3, -0.25) is 19.9 Å². The van der Waals surface area contributed by atoms with Crippen LogP contribution in [0, 0.1) is 5.41 Å². The highest BCUT2D eigenvalue weighted by molar-refractivity contribution is 5.94. The smallest absolute Gasteiger partial charge is 0.239 e. The predicted octanol–water partition coefficient (Wildman–Crippen LogP) is 1.38. The maximum atomic E-state index is 12.2. The van der Waals surface area contributed by atoms with Crippen LogP contribution in [0.4, 0.5) is 0 Å². The zero-order chi connectivity index (χ0) is 22.8. The van der Waals surface area contributed by atoms with E-state index in [1.54, 1.807) is 12.1 Å². The molecular formula is C24H33ClN6O2. The maximum Gasteiger partial charge on any atom is 0.239 e. The lowest BCUT2D eigenvalue weighted by molar-refractivity contribution is -0.126. The zero-order valence-electron chi connectivity index (χ0n) is 18.7. The molecule has 8 nitrogen and oxygen atoms in total. The number of hydrogen-bond donors (Lipinski definition) is 5. The Balaban J connectivity index is 0.00000385. The highest BCUT2D eigenvalue weighted by atomic mass is 35.5. The van der Waals surface area contributed by atoms with Gasteiger partial charge in [0, 0.05) is 37.8 Å². The summed E-state index contributed by atoms with van der Waals surface area (Å²) >= 11 is 0. The van der Waals surface area contributed by atoms with E-state index in [2.05, 4.69) is 45.1 Å². The van der Waals surface area contributed by atoms with Gasteiger partial charge in [-0.2, -0.15) is 0 Å². The summed E-state index contributed by atoms with van der Waals surface area (Å²) in [4.78, 5) is 26.6. The van der Waals surface area contributed by atoms with Gasteiger partial charge in [-0.25, -0.2) is 0 Å². The van der Waals surface area contributed by atoms with Crippen LogP contribution in [-0.4, -0.2) is 54.8 Å². The Kier molecular flexibility index (Phi) is 10.8. The Hall–Kier alpha value is -2.94. The summed E-state index contributed by atoms with van der Waals surface area (Å²) in [6, 6.07) is 17.8. The maximum absolute atomic E-state index is 12.2. The molecule has 2 aromatic carbocycles. The monoisotopic (exact) mass is 472 g/mol. The Bertz CT molecular complexity index is 899. The Morgan fingerprint density at radius 3 is 2.24 bits per heavy atom. The summed E-state index contributed by atoms with van der Waals surface area (Å²) in [6.45, 7) is 3.45. The Morgan fingerprint density at radius 2 is 1.61 bits per heavy atom. The fourth-order valence-corrected chi connectivity index (χ4v) is 3.72. The minimum atomic E-state index is -0.224. The molecule has 0 aliphatic carbocycles. The number of amides is 2. The first kappa shape index (κ1) is 26.3. The molecule has 1 heterocycles. The second-order valence-electron chi connectivity index (χ2n) is 8.09. The lowest BCUT2D eigenvalue weighted by Gasteiger charge is -2.32. The van der Waals surface area contributed by atoms with Gasteiger partial charge in [0.1, 0.15) is 5.84 Å². The van der Waals surface area contributed by atoms with Gasteiger partial charge in [0.2, 0.25) is 11.8 Å². The first-order valence-corrected chi connectivity index (χ1v) is 11.0. The van der Waals surface area contributed by atoms with Crippen LogP contribution in [0.3, 0.4) is 0 Å². The van der Waals surface area contributed by atoms with Crippen molar-refractivity contribution in [2.75, 3.05) is 26.2 Å². The van der Waals surface area contributed by atoms with Crippen LogP contribution < -0.4 is 21.7 Å². The topological polar surface area (TPSA) is 123 Å². The molecule has 9 heteroatoms. The molecule has 0 bridgehead atoms. The Morgan fingerprint density at radius 1 is 0.939 bits per heavy atom. The van der Waals surface area contributed by atoms with Crippen molar-refractivity contribution in [1.82, 2.24) is 20.9 Å². The number of nitrogens with one attached hydrogen (secondary N) is 4. The van der Waals surface area contributed by atoms with Gasteiger partial charge < -0.3 is 21.7 Å². The van der Waals surface area contributed by atoms with Crippen molar-refractivity contribution in [3.63, 3.8) is 0 Å². The van der Waals surface area contributed by atoms with E-state index in [0.29, 0.717) is 12.1 Å². The van der Waals surface area contributed by atoms with Crippen molar-refractivity contribution >= 4 is 30.1 Å². The molecule has 0 atom stereocenters. The van der Waals surface area contributed by atoms with E-state index in [-0.39, 0.29) is 49.2 Å². The summed E-state index contributed by atoms with van der Waals surface area (Å²) in [5.41, 5.74) is 8.39. The van der Waals surface area contributed by atoms with Gasteiger partial charge in [-0.1, -0.05) is 54.6 Å². The lowest BCUT2D eigenvalue weighted by atomic mass is 10.0. The number of nitrogens with two attached hydrogens (primary N) is 1. The number of hydrogen-bond acceptors (Lipinski definition) is 5. The van der Waals surface area contributed by atoms with Crippen molar-refractivity contribution in [3.05, 3.63) is 71.3 Å². The van der Waals surface area contributed by atoms with Crippen LogP contribution in [0.2, 0.25) is 0 Å². The van der Waals surface area contributed by atoms with Crippen LogP contribution >= 0.6 is 12.4 Å². The van der Waals surface area contributed by atoms with Crippen molar-refractivity contribution < 1.29 is 9.59 Å². The van der Waals surface area contributed by atoms with E-state index >= 15 is 0 Å². The third-order valence-electron chi connectivity index (χ3n) is 5.53. The molecule has 6 N–H and O–H groups in total. The van der Waals surface area contributed by atoms with Gasteiger partial charge in [0.05, 0.1) is 13.1 Å². The number of nitrogen functional groups attached to an aromatic ring is 1. The minimum absolute atomic E-state index is 0. The van der Waals surface area contributed by atoms with E-state index in [1.807, 2.05) is 18.2 Å². The standard InChI is InChI=1S/C24H32N6O2.ClH/c25-24(26)20-8-6-18(7-9-20)14-27-15-22(31)28-16-23(32)29-21-10-12-30(13-11-21)17-19-4-2-1-3-5-19;/h1-9,21,27H,10-17H2,(H3,25,26)(H,28,31)(H,29,32);1H. The highest BCUT2D eigenvalue weighted by Crippen LogP contribution is 2.13. The molecule has 2 aromatic rings. The number of benzene rings is 2. The van der Waals surface area contributed by atoms with Crippen LogP contribution in [0.15, 0.2) is 54.6 Å². The molecule has 0 aromatic heterocycles. The molecule has 0 unspecified atom stereocenters. The predicted molar refractivity (Wildman–Crippen MR) is 132 cm³/mol. The van der Waals surface area contributed by atoms with Crippen molar-refractivity contribution in [2.24, 2.45) is 5.73 Å². The van der Waals surface area contributed by atoms with Crippen molar-refractivity contribution in [1.29, 1.82) is 5.41 Å². The van der Waals surface area contributed by atoms with E-state index in [0.717, 1.165) is 38.0 Å². The van der Waals surface area contributed by atoms with Crippen LogP contribution in [0.1, 0.15) is 29.5 Å². The molecule has 1 aliphatic rings. The second-order valence-corrected chi connectivity index (χ2v) is 8.09. The van der Waals surface area contributed by atoms with Gasteiger partial charge in [-0.05, 0) is 24.0 Å². The molecular weight excluding hydrogens is 440 g/mol. The quantitative estimate of drug-likeness (QED) is 0.264. The number of carbonyl (C=O) groups is 2.